The number of nitrogens with zero attached hydrogens (tertiary/aromatic N) is 5. The molecule has 2 amide bonds. The number of aryl methyl sites for hydroxylation is 1. The zero-order valence-corrected chi connectivity index (χ0v) is 11.3. The predicted molar refractivity (Wildman–Crippen MR) is 70.7 cm³/mol. The van der Waals surface area contributed by atoms with Crippen LogP contribution in [0.1, 0.15) is 18.5 Å². The maximum Gasteiger partial charge on any atom is 0.323 e. The van der Waals surface area contributed by atoms with Gasteiger partial charge < -0.3 is 4.90 Å². The summed E-state index contributed by atoms with van der Waals surface area (Å²) in [6.45, 7) is 0.489. The summed E-state index contributed by atoms with van der Waals surface area (Å²) in [6, 6.07) is 2.00. The smallest absolute Gasteiger partial charge is 0.315 e. The highest BCUT2D eigenvalue weighted by atomic mass is 32.1. The van der Waals surface area contributed by atoms with Gasteiger partial charge in [-0.3, -0.25) is 10.00 Å². The molecule has 0 aromatic carbocycles. The van der Waals surface area contributed by atoms with E-state index in [2.05, 4.69) is 20.0 Å². The lowest BCUT2D eigenvalue weighted by Crippen LogP contribution is -2.36. The molecule has 0 spiro atoms. The monoisotopic (exact) mass is 278 g/mol. The van der Waals surface area contributed by atoms with Crippen molar-refractivity contribution in [3.8, 4) is 0 Å². The fourth-order valence-electron chi connectivity index (χ4n) is 1.85. The summed E-state index contributed by atoms with van der Waals surface area (Å²) in [4.78, 5) is 14.1. The van der Waals surface area contributed by atoms with E-state index in [1.165, 1.54) is 11.5 Å². The largest absolute Gasteiger partial charge is 0.323 e. The van der Waals surface area contributed by atoms with Gasteiger partial charge in [-0.2, -0.15) is 4.37 Å². The molecular formula is C11H14N6OS. The van der Waals surface area contributed by atoms with Gasteiger partial charge in [-0.1, -0.05) is 5.21 Å². The van der Waals surface area contributed by atoms with Crippen molar-refractivity contribution in [2.45, 2.75) is 25.4 Å². The summed E-state index contributed by atoms with van der Waals surface area (Å²) in [6.07, 6.45) is 5.60. The van der Waals surface area contributed by atoms with Gasteiger partial charge in [0.25, 0.3) is 0 Å². The third kappa shape index (κ3) is 2.90. The average Bonchev–Trinajstić information content (AvgIpc) is 2.94. The van der Waals surface area contributed by atoms with E-state index < -0.39 is 0 Å². The van der Waals surface area contributed by atoms with Crippen LogP contribution in [-0.4, -0.2) is 36.3 Å². The van der Waals surface area contributed by atoms with Crippen LogP contribution < -0.4 is 5.32 Å². The van der Waals surface area contributed by atoms with Crippen molar-refractivity contribution in [2.24, 2.45) is 7.05 Å². The molecule has 2 aromatic rings. The second-order valence-corrected chi connectivity index (χ2v) is 5.38. The lowest BCUT2D eigenvalue weighted by molar-refractivity contribution is 0.205. The zero-order chi connectivity index (χ0) is 13.2. The van der Waals surface area contributed by atoms with E-state index in [0.717, 1.165) is 23.5 Å². The summed E-state index contributed by atoms with van der Waals surface area (Å²) in [5.74, 6) is 0. The molecule has 1 aliphatic rings. The van der Waals surface area contributed by atoms with E-state index in [1.807, 2.05) is 18.1 Å². The molecule has 0 radical (unpaired) electrons. The highest BCUT2D eigenvalue weighted by molar-refractivity contribution is 7.10. The van der Waals surface area contributed by atoms with Gasteiger partial charge in [0.15, 0.2) is 0 Å². The van der Waals surface area contributed by atoms with Crippen LogP contribution in [0.25, 0.3) is 0 Å². The van der Waals surface area contributed by atoms with Gasteiger partial charge in [-0.05, 0) is 30.4 Å². The Morgan fingerprint density at radius 2 is 2.47 bits per heavy atom. The molecule has 1 fully saturated rings. The van der Waals surface area contributed by atoms with Gasteiger partial charge in [0.1, 0.15) is 10.7 Å². The van der Waals surface area contributed by atoms with Gasteiger partial charge >= 0.3 is 6.03 Å². The Kier molecular flexibility index (Phi) is 3.16. The minimum atomic E-state index is -0.0996. The van der Waals surface area contributed by atoms with Crippen molar-refractivity contribution in [2.75, 3.05) is 5.32 Å². The highest BCUT2D eigenvalue weighted by Gasteiger charge is 2.33. The summed E-state index contributed by atoms with van der Waals surface area (Å²) in [7, 11) is 1.81. The normalized spacial score (nSPS) is 14.4. The molecule has 3 rings (SSSR count). The first kappa shape index (κ1) is 12.1. The Morgan fingerprint density at radius 3 is 3.05 bits per heavy atom. The Hall–Kier alpha value is -1.96. The minimum absolute atomic E-state index is 0.0996. The van der Waals surface area contributed by atoms with Crippen LogP contribution in [0.15, 0.2) is 18.5 Å². The topological polar surface area (TPSA) is 75.9 Å². The Labute approximate surface area is 114 Å². The molecule has 0 saturated heterocycles. The molecular weight excluding hydrogens is 264 g/mol. The van der Waals surface area contributed by atoms with E-state index >= 15 is 0 Å². The number of amides is 2. The van der Waals surface area contributed by atoms with Gasteiger partial charge in [-0.15, -0.1) is 5.10 Å². The maximum atomic E-state index is 12.2. The number of hydrogen-bond acceptors (Lipinski definition) is 5. The molecule has 2 aromatic heterocycles. The first-order valence-corrected chi connectivity index (χ1v) is 6.83. The third-order valence-corrected chi connectivity index (χ3v) is 3.56. The third-order valence-electron chi connectivity index (χ3n) is 2.90. The van der Waals surface area contributed by atoms with Crippen LogP contribution in [0, 0.1) is 0 Å². The number of nitrogens with one attached hydrogen (secondary N) is 1. The Balaban J connectivity index is 1.68. The number of carbonyl (C=O) groups is 1. The Morgan fingerprint density at radius 1 is 1.63 bits per heavy atom. The van der Waals surface area contributed by atoms with Crippen molar-refractivity contribution >= 4 is 22.6 Å². The summed E-state index contributed by atoms with van der Waals surface area (Å²) >= 11 is 1.27. The molecule has 100 valence electrons. The molecule has 19 heavy (non-hydrogen) atoms. The van der Waals surface area contributed by atoms with Crippen molar-refractivity contribution in [1.29, 1.82) is 0 Å². The van der Waals surface area contributed by atoms with Crippen LogP contribution in [-0.2, 0) is 13.6 Å². The summed E-state index contributed by atoms with van der Waals surface area (Å²) in [5.41, 5.74) is 0.800. The number of aromatic nitrogens is 4. The molecule has 0 unspecified atom stereocenters. The highest BCUT2D eigenvalue weighted by Crippen LogP contribution is 2.29. The fraction of sp³-hybridized carbons (Fsp3) is 0.455. The molecule has 0 atom stereocenters. The van der Waals surface area contributed by atoms with E-state index in [-0.39, 0.29) is 6.03 Å². The first-order valence-electron chi connectivity index (χ1n) is 6.06. The zero-order valence-electron chi connectivity index (χ0n) is 10.5. The standard InChI is InChI=1S/C11H14N6OS/c1-16-6-8(14-15-16)7-17(9-2-3-9)11(18)13-10-4-5-12-19-10/h4-6,9H,2-3,7H2,1H3,(H,13,18). The van der Waals surface area contributed by atoms with E-state index in [1.54, 1.807) is 16.9 Å². The predicted octanol–water partition coefficient (Wildman–Crippen LogP) is 1.47. The van der Waals surface area contributed by atoms with Crippen molar-refractivity contribution < 1.29 is 4.79 Å². The quantitative estimate of drug-likeness (QED) is 0.918. The number of carbonyl (C=O) groups excluding carboxylic acids is 1. The van der Waals surface area contributed by atoms with Gasteiger partial charge in [-0.25, -0.2) is 4.79 Å². The number of urea groups is 1. The van der Waals surface area contributed by atoms with Crippen molar-refractivity contribution in [1.82, 2.24) is 24.3 Å². The fourth-order valence-corrected chi connectivity index (χ4v) is 2.34. The molecule has 1 saturated carbocycles. The molecule has 0 bridgehead atoms. The van der Waals surface area contributed by atoms with Crippen molar-refractivity contribution in [3.05, 3.63) is 24.2 Å². The SMILES string of the molecule is Cn1cc(CN(C(=O)Nc2ccns2)C2CC2)nn1. The van der Waals surface area contributed by atoms with Crippen LogP contribution in [0.5, 0.6) is 0 Å². The number of anilines is 1. The lowest BCUT2D eigenvalue weighted by atomic mass is 10.4. The van der Waals surface area contributed by atoms with Crippen LogP contribution in [0.3, 0.4) is 0 Å². The van der Waals surface area contributed by atoms with Gasteiger partial charge in [0, 0.05) is 25.5 Å². The average molecular weight is 278 g/mol. The summed E-state index contributed by atoms with van der Waals surface area (Å²) < 4.78 is 5.61. The van der Waals surface area contributed by atoms with Crippen LogP contribution in [0.4, 0.5) is 9.80 Å². The molecule has 0 aliphatic heterocycles. The maximum absolute atomic E-state index is 12.2. The van der Waals surface area contributed by atoms with E-state index in [9.17, 15) is 4.79 Å². The number of rotatable bonds is 4. The minimum Gasteiger partial charge on any atom is -0.315 e. The first-order chi connectivity index (χ1) is 9.22. The molecule has 8 heteroatoms. The summed E-state index contributed by atoms with van der Waals surface area (Å²) in [5, 5.41) is 11.5. The second kappa shape index (κ2) is 4.96. The molecule has 2 heterocycles. The van der Waals surface area contributed by atoms with Gasteiger partial charge in [0.2, 0.25) is 0 Å². The van der Waals surface area contributed by atoms with E-state index in [0.29, 0.717) is 12.6 Å². The Bertz CT molecular complexity index is 562. The second-order valence-electron chi connectivity index (χ2n) is 4.55. The lowest BCUT2D eigenvalue weighted by Gasteiger charge is -2.21. The van der Waals surface area contributed by atoms with Crippen LogP contribution in [0.2, 0.25) is 0 Å². The van der Waals surface area contributed by atoms with E-state index in [4.69, 9.17) is 0 Å². The van der Waals surface area contributed by atoms with Gasteiger partial charge in [0.05, 0.1) is 6.54 Å². The molecule has 1 aliphatic carbocycles. The molecule has 1 N–H and O–H groups in total. The van der Waals surface area contributed by atoms with Crippen molar-refractivity contribution in [3.63, 3.8) is 0 Å². The van der Waals surface area contributed by atoms with Crippen LogP contribution >= 0.6 is 11.5 Å². The molecule has 7 nitrogen and oxygen atoms in total. The number of hydrogen-bond donors (Lipinski definition) is 1.